The zero-order valence-corrected chi connectivity index (χ0v) is 9.66. The van der Waals surface area contributed by atoms with Gasteiger partial charge in [0.2, 0.25) is 0 Å². The molecule has 0 saturated heterocycles. The maximum absolute atomic E-state index is 8.76. The summed E-state index contributed by atoms with van der Waals surface area (Å²) in [4.78, 5) is 0. The van der Waals surface area contributed by atoms with Crippen LogP contribution in [0.1, 0.15) is 5.56 Å². The fourth-order valence-corrected chi connectivity index (χ4v) is 1.58. The van der Waals surface area contributed by atoms with E-state index in [1.165, 1.54) is 0 Å². The topological polar surface area (TPSA) is 67.9 Å². The van der Waals surface area contributed by atoms with Crippen molar-refractivity contribution in [3.8, 4) is 0 Å². The standard InChI is InChI=1S/C11H17N5O/c17-7-6-16-10-11(9-14-16)8-12-3-5-15-4-1-2-13-15/h1-2,4,9-10,12,17H,3,5-8H2. The van der Waals surface area contributed by atoms with Crippen molar-refractivity contribution in [3.63, 3.8) is 0 Å². The van der Waals surface area contributed by atoms with Crippen LogP contribution in [0.3, 0.4) is 0 Å². The Bertz CT molecular complexity index is 423. The summed E-state index contributed by atoms with van der Waals surface area (Å²) in [5.74, 6) is 0. The lowest BCUT2D eigenvalue weighted by Crippen LogP contribution is -2.19. The first kappa shape index (κ1) is 11.8. The van der Waals surface area contributed by atoms with Crippen molar-refractivity contribution in [2.75, 3.05) is 13.2 Å². The summed E-state index contributed by atoms with van der Waals surface area (Å²) < 4.78 is 3.63. The highest BCUT2D eigenvalue weighted by atomic mass is 16.3. The van der Waals surface area contributed by atoms with Gasteiger partial charge >= 0.3 is 0 Å². The van der Waals surface area contributed by atoms with E-state index in [1.54, 1.807) is 10.9 Å². The van der Waals surface area contributed by atoms with Gasteiger partial charge in [0, 0.05) is 37.2 Å². The summed E-state index contributed by atoms with van der Waals surface area (Å²) in [6, 6.07) is 1.92. The number of aliphatic hydroxyl groups excluding tert-OH is 1. The lowest BCUT2D eigenvalue weighted by atomic mass is 10.3. The van der Waals surface area contributed by atoms with E-state index in [1.807, 2.05) is 29.3 Å². The molecule has 0 atom stereocenters. The zero-order valence-electron chi connectivity index (χ0n) is 9.66. The molecule has 2 N–H and O–H groups in total. The van der Waals surface area contributed by atoms with Crippen LogP contribution in [0.5, 0.6) is 0 Å². The molecule has 0 unspecified atom stereocenters. The third kappa shape index (κ3) is 3.69. The van der Waals surface area contributed by atoms with Gasteiger partial charge in [-0.3, -0.25) is 9.36 Å². The second kappa shape index (κ2) is 6.17. The third-order valence-corrected chi connectivity index (χ3v) is 2.42. The summed E-state index contributed by atoms with van der Waals surface area (Å²) >= 11 is 0. The van der Waals surface area contributed by atoms with Gasteiger partial charge in [-0.1, -0.05) is 0 Å². The normalized spacial score (nSPS) is 10.9. The van der Waals surface area contributed by atoms with Crippen LogP contribution in [0.4, 0.5) is 0 Å². The van der Waals surface area contributed by atoms with E-state index in [0.717, 1.165) is 25.2 Å². The van der Waals surface area contributed by atoms with Gasteiger partial charge in [-0.2, -0.15) is 10.2 Å². The van der Waals surface area contributed by atoms with Crippen LogP contribution in [0.25, 0.3) is 0 Å². The van der Waals surface area contributed by atoms with Gasteiger partial charge < -0.3 is 10.4 Å². The average molecular weight is 235 g/mol. The quantitative estimate of drug-likeness (QED) is 0.656. The van der Waals surface area contributed by atoms with E-state index in [0.29, 0.717) is 6.54 Å². The Hall–Kier alpha value is -1.66. The SMILES string of the molecule is OCCn1cc(CNCCn2cccn2)cn1. The molecule has 2 aromatic rings. The Morgan fingerprint density at radius 1 is 1.24 bits per heavy atom. The Morgan fingerprint density at radius 2 is 2.18 bits per heavy atom. The highest BCUT2D eigenvalue weighted by Crippen LogP contribution is 1.96. The Balaban J connectivity index is 1.67. The first-order valence-electron chi connectivity index (χ1n) is 5.69. The summed E-state index contributed by atoms with van der Waals surface area (Å²) in [6.45, 7) is 3.18. The van der Waals surface area contributed by atoms with Crippen LogP contribution in [0.2, 0.25) is 0 Å². The minimum Gasteiger partial charge on any atom is -0.394 e. The molecular weight excluding hydrogens is 218 g/mol. The molecule has 0 amide bonds. The van der Waals surface area contributed by atoms with E-state index in [-0.39, 0.29) is 6.61 Å². The summed E-state index contributed by atoms with van der Waals surface area (Å²) in [7, 11) is 0. The minimum atomic E-state index is 0.119. The number of aromatic nitrogens is 4. The molecule has 0 aliphatic rings. The minimum absolute atomic E-state index is 0.119. The zero-order chi connectivity index (χ0) is 11.9. The lowest BCUT2D eigenvalue weighted by molar-refractivity contribution is 0.269. The Kier molecular flexibility index (Phi) is 4.29. The molecule has 0 aliphatic carbocycles. The smallest absolute Gasteiger partial charge is 0.0640 e. The van der Waals surface area contributed by atoms with Gasteiger partial charge in [-0.15, -0.1) is 0 Å². The van der Waals surface area contributed by atoms with Crippen molar-refractivity contribution < 1.29 is 5.11 Å². The van der Waals surface area contributed by atoms with E-state index in [9.17, 15) is 0 Å². The number of rotatable bonds is 7. The average Bonchev–Trinajstić information content (AvgIpc) is 2.96. The van der Waals surface area contributed by atoms with Gasteiger partial charge in [0.05, 0.1) is 25.9 Å². The molecular formula is C11H17N5O. The third-order valence-electron chi connectivity index (χ3n) is 2.42. The Labute approximate surface area is 99.9 Å². The van der Waals surface area contributed by atoms with Crippen LogP contribution in [-0.4, -0.2) is 37.8 Å². The number of aliphatic hydroxyl groups is 1. The van der Waals surface area contributed by atoms with E-state index in [4.69, 9.17) is 5.11 Å². The fourth-order valence-electron chi connectivity index (χ4n) is 1.58. The van der Waals surface area contributed by atoms with Crippen LogP contribution in [-0.2, 0) is 19.6 Å². The summed E-state index contributed by atoms with van der Waals surface area (Å²) in [5, 5.41) is 20.3. The predicted octanol–water partition coefficient (Wildman–Crippen LogP) is -0.138. The van der Waals surface area contributed by atoms with Crippen molar-refractivity contribution in [2.24, 2.45) is 0 Å². The van der Waals surface area contributed by atoms with Crippen LogP contribution < -0.4 is 5.32 Å². The van der Waals surface area contributed by atoms with Gasteiger partial charge in [0.25, 0.3) is 0 Å². The van der Waals surface area contributed by atoms with Gasteiger partial charge in [0.1, 0.15) is 0 Å². The second-order valence-electron chi connectivity index (χ2n) is 3.78. The molecule has 0 aliphatic heterocycles. The van der Waals surface area contributed by atoms with E-state index < -0.39 is 0 Å². The largest absolute Gasteiger partial charge is 0.394 e. The number of hydrogen-bond acceptors (Lipinski definition) is 4. The predicted molar refractivity (Wildman–Crippen MR) is 63.2 cm³/mol. The molecule has 2 rings (SSSR count). The molecule has 17 heavy (non-hydrogen) atoms. The molecule has 0 aromatic carbocycles. The highest BCUT2D eigenvalue weighted by Gasteiger charge is 1.97. The Morgan fingerprint density at radius 3 is 2.94 bits per heavy atom. The monoisotopic (exact) mass is 235 g/mol. The van der Waals surface area contributed by atoms with Crippen LogP contribution in [0, 0.1) is 0 Å². The molecule has 92 valence electrons. The van der Waals surface area contributed by atoms with Gasteiger partial charge in [-0.25, -0.2) is 0 Å². The van der Waals surface area contributed by atoms with Crippen molar-refractivity contribution in [1.82, 2.24) is 24.9 Å². The van der Waals surface area contributed by atoms with Crippen molar-refractivity contribution >= 4 is 0 Å². The molecule has 0 radical (unpaired) electrons. The second-order valence-corrected chi connectivity index (χ2v) is 3.78. The molecule has 0 bridgehead atoms. The molecule has 6 heteroatoms. The maximum atomic E-state index is 8.76. The molecule has 2 aromatic heterocycles. The van der Waals surface area contributed by atoms with E-state index >= 15 is 0 Å². The maximum Gasteiger partial charge on any atom is 0.0640 e. The first-order chi connectivity index (χ1) is 8.38. The van der Waals surface area contributed by atoms with Crippen LogP contribution >= 0.6 is 0 Å². The first-order valence-corrected chi connectivity index (χ1v) is 5.69. The number of nitrogens with one attached hydrogen (secondary N) is 1. The fraction of sp³-hybridized carbons (Fsp3) is 0.455. The summed E-state index contributed by atoms with van der Waals surface area (Å²) in [5.41, 5.74) is 1.12. The molecule has 0 fully saturated rings. The van der Waals surface area contributed by atoms with Crippen molar-refractivity contribution in [3.05, 3.63) is 36.4 Å². The van der Waals surface area contributed by atoms with Crippen molar-refractivity contribution in [2.45, 2.75) is 19.6 Å². The van der Waals surface area contributed by atoms with Gasteiger partial charge in [-0.05, 0) is 6.07 Å². The lowest BCUT2D eigenvalue weighted by Gasteiger charge is -2.03. The molecule has 0 saturated carbocycles. The summed E-state index contributed by atoms with van der Waals surface area (Å²) in [6.07, 6.45) is 7.48. The highest BCUT2D eigenvalue weighted by molar-refractivity contribution is 5.03. The van der Waals surface area contributed by atoms with E-state index in [2.05, 4.69) is 15.5 Å². The molecule has 0 spiro atoms. The molecule has 2 heterocycles. The molecule has 6 nitrogen and oxygen atoms in total. The number of nitrogens with zero attached hydrogens (tertiary/aromatic N) is 4. The van der Waals surface area contributed by atoms with Gasteiger partial charge in [0.15, 0.2) is 0 Å². The van der Waals surface area contributed by atoms with Crippen LogP contribution in [0.15, 0.2) is 30.9 Å². The number of hydrogen-bond donors (Lipinski definition) is 2. The van der Waals surface area contributed by atoms with Crippen molar-refractivity contribution in [1.29, 1.82) is 0 Å².